The Morgan fingerprint density at radius 3 is 2.70 bits per heavy atom. The number of halogens is 1. The highest BCUT2D eigenvalue weighted by Gasteiger charge is 2.32. The summed E-state index contributed by atoms with van der Waals surface area (Å²) in [4.78, 5) is 11.0. The van der Waals surface area contributed by atoms with Crippen LogP contribution in [0.5, 0.6) is 0 Å². The third kappa shape index (κ3) is 1.70. The van der Waals surface area contributed by atoms with E-state index in [1.807, 2.05) is 13.8 Å². The molecule has 1 fully saturated rings. The third-order valence-corrected chi connectivity index (χ3v) is 1.94. The highest BCUT2D eigenvalue weighted by atomic mass is 35.5. The first-order chi connectivity index (χ1) is 4.51. The van der Waals surface area contributed by atoms with E-state index in [0.717, 1.165) is 0 Å². The van der Waals surface area contributed by atoms with Crippen LogP contribution >= 0.6 is 11.6 Å². The van der Waals surface area contributed by atoms with E-state index >= 15 is 0 Å². The van der Waals surface area contributed by atoms with Crippen LogP contribution in [0.1, 0.15) is 20.3 Å². The molecule has 0 aromatic heterocycles. The Kier molecular flexibility index (Phi) is 2.02. The monoisotopic (exact) mass is 162 g/mol. The van der Waals surface area contributed by atoms with Crippen LogP contribution in [-0.4, -0.2) is 23.4 Å². The number of hydrogen-bond donors (Lipinski definition) is 0. The van der Waals surface area contributed by atoms with Gasteiger partial charge in [-0.3, -0.25) is 4.79 Å². The van der Waals surface area contributed by atoms with Gasteiger partial charge in [-0.2, -0.15) is 0 Å². The van der Waals surface area contributed by atoms with Crippen molar-refractivity contribution >= 4 is 17.4 Å². The summed E-state index contributed by atoms with van der Waals surface area (Å²) in [5.74, 6) is 0.0953. The fourth-order valence-corrected chi connectivity index (χ4v) is 1.11. The van der Waals surface area contributed by atoms with Crippen molar-refractivity contribution in [1.29, 1.82) is 0 Å². The van der Waals surface area contributed by atoms with Gasteiger partial charge in [-0.1, -0.05) is 0 Å². The van der Waals surface area contributed by atoms with Crippen LogP contribution in [0.25, 0.3) is 0 Å². The second kappa shape index (κ2) is 2.51. The summed E-state index contributed by atoms with van der Waals surface area (Å²) in [6.07, 6.45) is 0.432. The van der Waals surface area contributed by atoms with Gasteiger partial charge in [0, 0.05) is 6.42 Å². The minimum Gasteiger partial charge on any atom is -0.373 e. The van der Waals surface area contributed by atoms with Crippen LogP contribution < -0.4 is 0 Å². The van der Waals surface area contributed by atoms with E-state index in [2.05, 4.69) is 0 Å². The molecule has 0 aliphatic carbocycles. The lowest BCUT2D eigenvalue weighted by Gasteiger charge is -2.31. The van der Waals surface area contributed by atoms with Crippen LogP contribution in [0.4, 0.5) is 0 Å². The molecule has 1 saturated heterocycles. The Balaban J connectivity index is 2.57. The van der Waals surface area contributed by atoms with Gasteiger partial charge in [0.05, 0.1) is 12.2 Å². The molecule has 10 heavy (non-hydrogen) atoms. The van der Waals surface area contributed by atoms with Crippen LogP contribution in [0.15, 0.2) is 0 Å². The minimum absolute atomic E-state index is 0.0953. The maximum atomic E-state index is 11.0. The lowest BCUT2D eigenvalue weighted by atomic mass is 9.97. The number of alkyl halides is 1. The standard InChI is InChI=1S/C7H11ClO2/c1-7(2)3-6(9)5(8)4-10-7/h5H,3-4H2,1-2H3. The van der Waals surface area contributed by atoms with Crippen molar-refractivity contribution in [1.82, 2.24) is 0 Å². The molecule has 1 aliphatic heterocycles. The second-order valence-electron chi connectivity index (χ2n) is 3.18. The van der Waals surface area contributed by atoms with Crippen LogP contribution in [-0.2, 0) is 9.53 Å². The van der Waals surface area contributed by atoms with Gasteiger partial charge in [0.25, 0.3) is 0 Å². The fourth-order valence-electron chi connectivity index (χ4n) is 0.973. The van der Waals surface area contributed by atoms with Gasteiger partial charge < -0.3 is 4.74 Å². The van der Waals surface area contributed by atoms with Gasteiger partial charge in [0.15, 0.2) is 5.78 Å². The first kappa shape index (κ1) is 8.02. The maximum Gasteiger partial charge on any atom is 0.155 e. The summed E-state index contributed by atoms with van der Waals surface area (Å²) in [6.45, 7) is 4.15. The highest BCUT2D eigenvalue weighted by Crippen LogP contribution is 2.23. The number of Topliss-reactive ketones (excluding diaryl/α,β-unsaturated/α-hetero) is 1. The molecule has 1 heterocycles. The molecule has 1 rings (SSSR count). The normalized spacial score (nSPS) is 32.3. The van der Waals surface area contributed by atoms with E-state index in [9.17, 15) is 4.79 Å². The van der Waals surface area contributed by atoms with Crippen LogP contribution in [0.2, 0.25) is 0 Å². The Morgan fingerprint density at radius 2 is 2.30 bits per heavy atom. The number of hydrogen-bond acceptors (Lipinski definition) is 2. The third-order valence-electron chi connectivity index (χ3n) is 1.57. The van der Waals surface area contributed by atoms with E-state index in [0.29, 0.717) is 13.0 Å². The van der Waals surface area contributed by atoms with Crippen molar-refractivity contribution in [3.05, 3.63) is 0 Å². The summed E-state index contributed by atoms with van der Waals surface area (Å²) in [6, 6.07) is 0. The second-order valence-corrected chi connectivity index (χ2v) is 3.71. The quantitative estimate of drug-likeness (QED) is 0.503. The molecule has 0 radical (unpaired) electrons. The van der Waals surface area contributed by atoms with Crippen molar-refractivity contribution in [2.24, 2.45) is 0 Å². The average Bonchev–Trinajstić information content (AvgIpc) is 1.79. The smallest absolute Gasteiger partial charge is 0.155 e. The summed E-state index contributed by atoms with van der Waals surface area (Å²) >= 11 is 5.62. The lowest BCUT2D eigenvalue weighted by molar-refractivity contribution is -0.134. The van der Waals surface area contributed by atoms with E-state index in [1.165, 1.54) is 0 Å². The average molecular weight is 163 g/mol. The number of rotatable bonds is 0. The molecule has 0 bridgehead atoms. The van der Waals surface area contributed by atoms with Crippen molar-refractivity contribution < 1.29 is 9.53 Å². The zero-order chi connectivity index (χ0) is 7.78. The molecule has 2 nitrogen and oxygen atoms in total. The van der Waals surface area contributed by atoms with Gasteiger partial charge in [-0.15, -0.1) is 11.6 Å². The lowest BCUT2D eigenvalue weighted by Crippen LogP contribution is -2.40. The van der Waals surface area contributed by atoms with Gasteiger partial charge in [-0.25, -0.2) is 0 Å². The first-order valence-corrected chi connectivity index (χ1v) is 3.76. The summed E-state index contributed by atoms with van der Waals surface area (Å²) < 4.78 is 5.30. The van der Waals surface area contributed by atoms with Crippen molar-refractivity contribution in [3.8, 4) is 0 Å². The topological polar surface area (TPSA) is 26.3 Å². The molecular formula is C7H11ClO2. The number of carbonyl (C=O) groups is 1. The fraction of sp³-hybridized carbons (Fsp3) is 0.857. The molecule has 1 aliphatic rings. The molecule has 58 valence electrons. The SMILES string of the molecule is CC1(C)CC(=O)C(Cl)CO1. The van der Waals surface area contributed by atoms with E-state index in [1.54, 1.807) is 0 Å². The Labute approximate surface area is 65.5 Å². The van der Waals surface area contributed by atoms with Crippen LogP contribution in [0.3, 0.4) is 0 Å². The van der Waals surface area contributed by atoms with Gasteiger partial charge in [0.2, 0.25) is 0 Å². The Morgan fingerprint density at radius 1 is 1.70 bits per heavy atom. The molecule has 0 aromatic rings. The molecule has 0 N–H and O–H groups in total. The summed E-state index contributed by atoms with van der Waals surface area (Å²) in [5, 5.41) is -0.423. The van der Waals surface area contributed by atoms with Gasteiger partial charge in [0.1, 0.15) is 5.38 Å². The number of carbonyl (C=O) groups excluding carboxylic acids is 1. The molecule has 1 atom stereocenters. The number of ketones is 1. The Bertz CT molecular complexity index is 154. The predicted octanol–water partition coefficient (Wildman–Crippen LogP) is 1.36. The molecular weight excluding hydrogens is 152 g/mol. The summed E-state index contributed by atoms with van der Waals surface area (Å²) in [5.41, 5.74) is -0.303. The highest BCUT2D eigenvalue weighted by molar-refractivity contribution is 6.31. The Hall–Kier alpha value is -0.0800. The number of ether oxygens (including phenoxy) is 1. The van der Waals surface area contributed by atoms with Gasteiger partial charge >= 0.3 is 0 Å². The molecule has 3 heteroatoms. The molecule has 0 spiro atoms. The van der Waals surface area contributed by atoms with Crippen molar-refractivity contribution in [2.45, 2.75) is 31.2 Å². The maximum absolute atomic E-state index is 11.0. The van der Waals surface area contributed by atoms with E-state index in [4.69, 9.17) is 16.3 Å². The molecule has 1 unspecified atom stereocenters. The summed E-state index contributed by atoms with van der Waals surface area (Å²) in [7, 11) is 0. The zero-order valence-corrected chi connectivity index (χ0v) is 6.94. The first-order valence-electron chi connectivity index (χ1n) is 3.32. The molecule has 0 aromatic carbocycles. The zero-order valence-electron chi connectivity index (χ0n) is 6.19. The molecule has 0 saturated carbocycles. The van der Waals surface area contributed by atoms with E-state index in [-0.39, 0.29) is 11.4 Å². The predicted molar refractivity (Wildman–Crippen MR) is 39.3 cm³/mol. The van der Waals surface area contributed by atoms with E-state index < -0.39 is 5.38 Å². The largest absolute Gasteiger partial charge is 0.373 e. The van der Waals surface area contributed by atoms with Crippen molar-refractivity contribution in [2.75, 3.05) is 6.61 Å². The van der Waals surface area contributed by atoms with Gasteiger partial charge in [-0.05, 0) is 13.8 Å². The molecule has 0 amide bonds. The van der Waals surface area contributed by atoms with Crippen LogP contribution in [0, 0.1) is 0 Å². The van der Waals surface area contributed by atoms with Crippen molar-refractivity contribution in [3.63, 3.8) is 0 Å². The minimum atomic E-state index is -0.423.